The molecule has 0 atom stereocenters. The molecule has 0 radical (unpaired) electrons. The van der Waals surface area contributed by atoms with E-state index in [-0.39, 0.29) is 0 Å². The molecule has 0 aliphatic carbocycles. The zero-order valence-electron chi connectivity index (χ0n) is 12.1. The molecule has 1 heterocycles. The number of pyridine rings is 1. The van der Waals surface area contributed by atoms with Gasteiger partial charge < -0.3 is 4.74 Å². The lowest BCUT2D eigenvalue weighted by atomic mass is 10.1. The van der Waals surface area contributed by atoms with Gasteiger partial charge >= 0.3 is 0 Å². The van der Waals surface area contributed by atoms with Crippen molar-refractivity contribution in [3.05, 3.63) is 59.4 Å². The van der Waals surface area contributed by atoms with Gasteiger partial charge in [0.2, 0.25) is 5.95 Å². The molecule has 0 saturated heterocycles. The maximum Gasteiger partial charge on any atom is 0.248 e. The average molecular weight is 291 g/mol. The highest BCUT2D eigenvalue weighted by Gasteiger charge is 2.04. The number of ether oxygens (including phenoxy) is 1. The van der Waals surface area contributed by atoms with E-state index in [1.54, 1.807) is 0 Å². The summed E-state index contributed by atoms with van der Waals surface area (Å²) in [6.45, 7) is 2.86. The largest absolute Gasteiger partial charge is 0.494 e. The summed E-state index contributed by atoms with van der Waals surface area (Å²) in [5.74, 6) is -1.08. The van der Waals surface area contributed by atoms with Gasteiger partial charge in [-0.1, -0.05) is 25.5 Å². The standard InChI is InChI=1S/C17H19F2NO/c1-2-3-10-21-15-8-6-13(7-9-15)4-5-14-11-16(18)17(19)20-12-14/h6-9,11-12H,2-5,10H2,1H3. The summed E-state index contributed by atoms with van der Waals surface area (Å²) in [6.07, 6.45) is 4.91. The molecule has 0 bridgehead atoms. The maximum absolute atomic E-state index is 13.1. The van der Waals surface area contributed by atoms with Gasteiger partial charge in [0.05, 0.1) is 6.61 Å². The molecule has 0 spiro atoms. The van der Waals surface area contributed by atoms with Crippen molar-refractivity contribution in [2.45, 2.75) is 32.6 Å². The molecule has 0 amide bonds. The van der Waals surface area contributed by atoms with Gasteiger partial charge in [0, 0.05) is 6.20 Å². The van der Waals surface area contributed by atoms with Gasteiger partial charge in [-0.3, -0.25) is 0 Å². The van der Waals surface area contributed by atoms with Crippen LogP contribution < -0.4 is 4.74 Å². The van der Waals surface area contributed by atoms with Crippen LogP contribution in [0.3, 0.4) is 0 Å². The maximum atomic E-state index is 13.1. The van der Waals surface area contributed by atoms with Crippen LogP contribution >= 0.6 is 0 Å². The molecule has 0 unspecified atom stereocenters. The van der Waals surface area contributed by atoms with Crippen LogP contribution in [-0.2, 0) is 12.8 Å². The molecular formula is C17H19F2NO. The van der Waals surface area contributed by atoms with E-state index in [2.05, 4.69) is 11.9 Å². The number of benzene rings is 1. The summed E-state index contributed by atoms with van der Waals surface area (Å²) < 4.78 is 31.4. The molecule has 2 aromatic rings. The predicted molar refractivity (Wildman–Crippen MR) is 78.4 cm³/mol. The Balaban J connectivity index is 1.86. The highest BCUT2D eigenvalue weighted by atomic mass is 19.2. The molecule has 2 rings (SSSR count). The van der Waals surface area contributed by atoms with Crippen LogP contribution in [0.4, 0.5) is 8.78 Å². The topological polar surface area (TPSA) is 22.1 Å². The molecule has 0 fully saturated rings. The van der Waals surface area contributed by atoms with Crippen molar-refractivity contribution in [3.8, 4) is 5.75 Å². The molecule has 2 nitrogen and oxygen atoms in total. The Bertz CT molecular complexity index is 570. The Morgan fingerprint density at radius 3 is 2.43 bits per heavy atom. The SMILES string of the molecule is CCCCOc1ccc(CCc2cnc(F)c(F)c2)cc1. The summed E-state index contributed by atoms with van der Waals surface area (Å²) in [5, 5.41) is 0. The Labute approximate surface area is 123 Å². The highest BCUT2D eigenvalue weighted by Crippen LogP contribution is 2.15. The van der Waals surface area contributed by atoms with Crippen molar-refractivity contribution < 1.29 is 13.5 Å². The zero-order valence-corrected chi connectivity index (χ0v) is 12.1. The van der Waals surface area contributed by atoms with Crippen LogP contribution in [0.2, 0.25) is 0 Å². The number of unbranched alkanes of at least 4 members (excludes halogenated alkanes) is 1. The summed E-state index contributed by atoms with van der Waals surface area (Å²) >= 11 is 0. The number of hydrogen-bond acceptors (Lipinski definition) is 2. The van der Waals surface area contributed by atoms with E-state index in [4.69, 9.17) is 4.74 Å². The van der Waals surface area contributed by atoms with E-state index in [0.29, 0.717) is 12.0 Å². The summed E-state index contributed by atoms with van der Waals surface area (Å²) in [4.78, 5) is 3.39. The molecule has 0 N–H and O–H groups in total. The smallest absolute Gasteiger partial charge is 0.248 e. The second kappa shape index (κ2) is 7.72. The van der Waals surface area contributed by atoms with Gasteiger partial charge in [-0.25, -0.2) is 9.37 Å². The van der Waals surface area contributed by atoms with Gasteiger partial charge in [-0.05, 0) is 48.6 Å². The first-order valence-corrected chi connectivity index (χ1v) is 7.20. The second-order valence-electron chi connectivity index (χ2n) is 4.96. The van der Waals surface area contributed by atoms with Crippen LogP contribution in [0, 0.1) is 11.8 Å². The number of aromatic nitrogens is 1. The Morgan fingerprint density at radius 1 is 1.05 bits per heavy atom. The first-order valence-electron chi connectivity index (χ1n) is 7.20. The minimum Gasteiger partial charge on any atom is -0.494 e. The van der Waals surface area contributed by atoms with Crippen molar-refractivity contribution in [3.63, 3.8) is 0 Å². The highest BCUT2D eigenvalue weighted by molar-refractivity contribution is 5.28. The van der Waals surface area contributed by atoms with Crippen LogP contribution in [-0.4, -0.2) is 11.6 Å². The van der Waals surface area contributed by atoms with Crippen molar-refractivity contribution in [2.75, 3.05) is 6.61 Å². The number of hydrogen-bond donors (Lipinski definition) is 0. The minimum atomic E-state index is -1.05. The monoisotopic (exact) mass is 291 g/mol. The van der Waals surface area contributed by atoms with Gasteiger partial charge in [-0.15, -0.1) is 0 Å². The van der Waals surface area contributed by atoms with E-state index in [9.17, 15) is 8.78 Å². The Kier molecular flexibility index (Phi) is 5.67. The molecule has 1 aromatic carbocycles. The lowest BCUT2D eigenvalue weighted by Gasteiger charge is -2.07. The van der Waals surface area contributed by atoms with Crippen molar-refractivity contribution in [1.29, 1.82) is 0 Å². The quantitative estimate of drug-likeness (QED) is 0.560. The molecule has 112 valence electrons. The van der Waals surface area contributed by atoms with Gasteiger partial charge in [0.25, 0.3) is 0 Å². The van der Waals surface area contributed by atoms with Gasteiger partial charge in [0.1, 0.15) is 5.75 Å². The van der Waals surface area contributed by atoms with Crippen LogP contribution in [0.5, 0.6) is 5.75 Å². The molecular weight excluding hydrogens is 272 g/mol. The first kappa shape index (κ1) is 15.4. The van der Waals surface area contributed by atoms with Crippen molar-refractivity contribution >= 4 is 0 Å². The third-order valence-corrected chi connectivity index (χ3v) is 3.25. The molecule has 0 aliphatic heterocycles. The normalized spacial score (nSPS) is 10.6. The van der Waals surface area contributed by atoms with Crippen LogP contribution in [0.25, 0.3) is 0 Å². The average Bonchev–Trinajstić information content (AvgIpc) is 2.50. The van der Waals surface area contributed by atoms with E-state index in [0.717, 1.165) is 37.2 Å². The number of nitrogens with zero attached hydrogens (tertiary/aromatic N) is 1. The molecule has 21 heavy (non-hydrogen) atoms. The summed E-state index contributed by atoms with van der Waals surface area (Å²) in [7, 11) is 0. The van der Waals surface area contributed by atoms with E-state index in [1.807, 2.05) is 24.3 Å². The van der Waals surface area contributed by atoms with Crippen molar-refractivity contribution in [1.82, 2.24) is 4.98 Å². The van der Waals surface area contributed by atoms with E-state index in [1.165, 1.54) is 12.3 Å². The Morgan fingerprint density at radius 2 is 1.76 bits per heavy atom. The van der Waals surface area contributed by atoms with E-state index < -0.39 is 11.8 Å². The lowest BCUT2D eigenvalue weighted by molar-refractivity contribution is 0.309. The van der Waals surface area contributed by atoms with Crippen molar-refractivity contribution in [2.24, 2.45) is 0 Å². The Hall–Kier alpha value is -1.97. The fraction of sp³-hybridized carbons (Fsp3) is 0.353. The number of aryl methyl sites for hydroxylation is 2. The number of rotatable bonds is 7. The summed E-state index contributed by atoms with van der Waals surface area (Å²) in [6, 6.07) is 9.07. The summed E-state index contributed by atoms with van der Waals surface area (Å²) in [5.41, 5.74) is 1.82. The minimum absolute atomic E-state index is 0.625. The van der Waals surface area contributed by atoms with E-state index >= 15 is 0 Å². The third kappa shape index (κ3) is 4.81. The number of halogens is 2. The molecule has 1 aromatic heterocycles. The van der Waals surface area contributed by atoms with Crippen LogP contribution in [0.1, 0.15) is 30.9 Å². The van der Waals surface area contributed by atoms with Crippen LogP contribution in [0.15, 0.2) is 36.5 Å². The predicted octanol–water partition coefficient (Wildman–Crippen LogP) is 4.32. The lowest BCUT2D eigenvalue weighted by Crippen LogP contribution is -1.98. The fourth-order valence-electron chi connectivity index (χ4n) is 1.97. The van der Waals surface area contributed by atoms with Gasteiger partial charge in [-0.2, -0.15) is 4.39 Å². The third-order valence-electron chi connectivity index (χ3n) is 3.25. The molecule has 4 heteroatoms. The second-order valence-corrected chi connectivity index (χ2v) is 4.96. The molecule has 0 aliphatic rings. The zero-order chi connectivity index (χ0) is 15.1. The fourth-order valence-corrected chi connectivity index (χ4v) is 1.97. The van der Waals surface area contributed by atoms with Gasteiger partial charge in [0.15, 0.2) is 5.82 Å². The molecule has 0 saturated carbocycles. The first-order chi connectivity index (χ1) is 10.2.